The Balaban J connectivity index is 1.45. The van der Waals surface area contributed by atoms with Crippen molar-refractivity contribution in [3.05, 3.63) is 53.3 Å². The highest BCUT2D eigenvalue weighted by atomic mass is 16.1. The molecule has 0 bridgehead atoms. The van der Waals surface area contributed by atoms with Crippen molar-refractivity contribution in [3.63, 3.8) is 0 Å². The van der Waals surface area contributed by atoms with Gasteiger partial charge >= 0.3 is 0 Å². The van der Waals surface area contributed by atoms with Crippen molar-refractivity contribution in [3.8, 4) is 17.3 Å². The molecule has 1 aromatic carbocycles. The van der Waals surface area contributed by atoms with Crippen molar-refractivity contribution >= 4 is 28.6 Å². The van der Waals surface area contributed by atoms with Crippen molar-refractivity contribution in [2.75, 3.05) is 23.9 Å². The van der Waals surface area contributed by atoms with Crippen molar-refractivity contribution in [1.82, 2.24) is 29.3 Å². The van der Waals surface area contributed by atoms with E-state index in [0.29, 0.717) is 40.2 Å². The fraction of sp³-hybridized carbons (Fsp3) is 0.407. The molecule has 1 saturated carbocycles. The van der Waals surface area contributed by atoms with E-state index in [-0.39, 0.29) is 17.6 Å². The third-order valence-electron chi connectivity index (χ3n) is 7.36. The molecule has 1 aliphatic carbocycles. The molecule has 1 fully saturated rings. The maximum atomic E-state index is 13.8. The van der Waals surface area contributed by atoms with E-state index in [1.165, 1.54) is 17.4 Å². The van der Waals surface area contributed by atoms with Gasteiger partial charge in [0.2, 0.25) is 0 Å². The first kappa shape index (κ1) is 23.3. The standard InChI is InChI=1S/C27H31N9O/c1-16(2)34-15-30-32-26(34)20-7-6-8-24(31-20)36-13-28-21-12-22(33(4)5)23(11-19(21)27(36)37)35-14-29-25(17(35)3)18-9-10-18/h6-8,11-18,25H,9-10H2,1-5H3. The minimum Gasteiger partial charge on any atom is -0.376 e. The molecule has 0 amide bonds. The van der Waals surface area contributed by atoms with Gasteiger partial charge in [0.25, 0.3) is 5.56 Å². The molecule has 0 radical (unpaired) electrons. The molecule has 4 aromatic rings. The maximum Gasteiger partial charge on any atom is 0.267 e. The van der Waals surface area contributed by atoms with E-state index in [1.807, 2.05) is 49.3 Å². The summed E-state index contributed by atoms with van der Waals surface area (Å²) in [4.78, 5) is 32.3. The first-order chi connectivity index (χ1) is 17.8. The van der Waals surface area contributed by atoms with Crippen LogP contribution in [0.25, 0.3) is 28.2 Å². The summed E-state index contributed by atoms with van der Waals surface area (Å²) in [6.45, 7) is 6.34. The fourth-order valence-electron chi connectivity index (χ4n) is 5.14. The molecule has 0 saturated heterocycles. The van der Waals surface area contributed by atoms with Crippen LogP contribution in [0.3, 0.4) is 0 Å². The first-order valence-electron chi connectivity index (χ1n) is 12.7. The Bertz CT molecular complexity index is 1560. The van der Waals surface area contributed by atoms with Crippen LogP contribution < -0.4 is 15.4 Å². The average molecular weight is 498 g/mol. The topological polar surface area (TPSA) is 97.3 Å². The second-order valence-corrected chi connectivity index (χ2v) is 10.4. The molecule has 37 heavy (non-hydrogen) atoms. The predicted octanol–water partition coefficient (Wildman–Crippen LogP) is 3.70. The van der Waals surface area contributed by atoms with E-state index < -0.39 is 0 Å². The summed E-state index contributed by atoms with van der Waals surface area (Å²) in [6, 6.07) is 10.2. The van der Waals surface area contributed by atoms with Crippen molar-refractivity contribution < 1.29 is 0 Å². The third-order valence-corrected chi connectivity index (χ3v) is 7.36. The van der Waals surface area contributed by atoms with Gasteiger partial charge in [0, 0.05) is 20.1 Å². The van der Waals surface area contributed by atoms with Gasteiger partial charge in [-0.25, -0.2) is 9.97 Å². The Morgan fingerprint density at radius 2 is 1.92 bits per heavy atom. The number of aromatic nitrogens is 6. The van der Waals surface area contributed by atoms with Crippen LogP contribution in [0, 0.1) is 5.92 Å². The number of anilines is 2. The van der Waals surface area contributed by atoms with Gasteiger partial charge < -0.3 is 14.4 Å². The third kappa shape index (κ3) is 3.96. The molecular weight excluding hydrogens is 466 g/mol. The smallest absolute Gasteiger partial charge is 0.267 e. The Kier molecular flexibility index (Phi) is 5.54. The number of benzene rings is 1. The molecule has 10 heteroatoms. The summed E-state index contributed by atoms with van der Waals surface area (Å²) in [5.41, 5.74) is 3.08. The lowest BCUT2D eigenvalue weighted by Crippen LogP contribution is -2.35. The Labute approximate surface area is 215 Å². The quantitative estimate of drug-likeness (QED) is 0.401. The second-order valence-electron chi connectivity index (χ2n) is 10.4. The first-order valence-corrected chi connectivity index (χ1v) is 12.7. The zero-order chi connectivity index (χ0) is 25.8. The van der Waals surface area contributed by atoms with Crippen LogP contribution in [-0.4, -0.2) is 61.8 Å². The predicted molar refractivity (Wildman–Crippen MR) is 146 cm³/mol. The monoisotopic (exact) mass is 497 g/mol. The van der Waals surface area contributed by atoms with Crippen LogP contribution in [0.4, 0.5) is 11.4 Å². The summed E-state index contributed by atoms with van der Waals surface area (Å²) >= 11 is 0. The zero-order valence-corrected chi connectivity index (χ0v) is 21.8. The van der Waals surface area contributed by atoms with Crippen molar-refractivity contribution in [2.24, 2.45) is 10.9 Å². The van der Waals surface area contributed by atoms with Gasteiger partial charge in [0.05, 0.1) is 40.7 Å². The fourth-order valence-corrected chi connectivity index (χ4v) is 5.14. The summed E-state index contributed by atoms with van der Waals surface area (Å²) in [7, 11) is 4.01. The van der Waals surface area contributed by atoms with Crippen LogP contribution in [0.5, 0.6) is 0 Å². The molecule has 2 unspecified atom stereocenters. The van der Waals surface area contributed by atoms with E-state index >= 15 is 0 Å². The lowest BCUT2D eigenvalue weighted by Gasteiger charge is -2.29. The van der Waals surface area contributed by atoms with Crippen LogP contribution in [0.15, 0.2) is 52.8 Å². The molecule has 2 aliphatic rings. The number of nitrogens with zero attached hydrogens (tertiary/aromatic N) is 9. The van der Waals surface area contributed by atoms with Gasteiger partial charge in [-0.15, -0.1) is 10.2 Å². The molecule has 3 aromatic heterocycles. The van der Waals surface area contributed by atoms with E-state index in [4.69, 9.17) is 9.98 Å². The molecule has 0 spiro atoms. The normalized spacial score (nSPS) is 19.4. The van der Waals surface area contributed by atoms with Crippen LogP contribution in [0.1, 0.15) is 39.7 Å². The van der Waals surface area contributed by atoms with Gasteiger partial charge in [-0.3, -0.25) is 14.4 Å². The number of rotatable bonds is 6. The van der Waals surface area contributed by atoms with Gasteiger partial charge in [-0.05, 0) is 63.8 Å². The Hall–Kier alpha value is -4.08. The lowest BCUT2D eigenvalue weighted by molar-refractivity contribution is 0.536. The zero-order valence-electron chi connectivity index (χ0n) is 21.8. The maximum absolute atomic E-state index is 13.8. The number of fused-ring (bicyclic) bond motifs is 1. The minimum atomic E-state index is -0.172. The molecule has 6 rings (SSSR count). The van der Waals surface area contributed by atoms with Gasteiger partial charge in [0.1, 0.15) is 24.2 Å². The highest BCUT2D eigenvalue weighted by molar-refractivity contribution is 5.96. The van der Waals surface area contributed by atoms with Gasteiger partial charge in [0.15, 0.2) is 5.82 Å². The van der Waals surface area contributed by atoms with E-state index in [2.05, 4.69) is 45.8 Å². The van der Waals surface area contributed by atoms with E-state index in [1.54, 1.807) is 18.7 Å². The molecule has 0 N–H and O–H groups in total. The number of hydrogen-bond donors (Lipinski definition) is 0. The van der Waals surface area contributed by atoms with Crippen LogP contribution in [0.2, 0.25) is 0 Å². The Morgan fingerprint density at radius 1 is 1.11 bits per heavy atom. The van der Waals surface area contributed by atoms with Crippen molar-refractivity contribution in [1.29, 1.82) is 0 Å². The second kappa shape index (κ2) is 8.79. The molecule has 190 valence electrons. The van der Waals surface area contributed by atoms with Gasteiger partial charge in [-0.2, -0.15) is 0 Å². The van der Waals surface area contributed by atoms with Crippen molar-refractivity contribution in [2.45, 2.75) is 51.7 Å². The molecular formula is C27H31N9O. The molecule has 4 heterocycles. The molecule has 2 atom stereocenters. The lowest BCUT2D eigenvalue weighted by atomic mass is 10.0. The SMILES string of the molecule is CC1C(C2CC2)N=CN1c1cc2c(=O)n(-c3cccc(-c4nncn4C(C)C)n3)cnc2cc1N(C)C. The molecule has 1 aliphatic heterocycles. The number of hydrogen-bond acceptors (Lipinski definition) is 8. The van der Waals surface area contributed by atoms with E-state index in [0.717, 1.165) is 11.4 Å². The number of pyridine rings is 1. The summed E-state index contributed by atoms with van der Waals surface area (Å²) in [5, 5.41) is 8.84. The highest BCUT2D eigenvalue weighted by Crippen LogP contribution is 2.41. The van der Waals surface area contributed by atoms with Crippen LogP contribution in [-0.2, 0) is 0 Å². The number of aliphatic imine (C=N–C) groups is 1. The summed E-state index contributed by atoms with van der Waals surface area (Å²) in [6.07, 6.45) is 7.66. The molecule has 10 nitrogen and oxygen atoms in total. The largest absolute Gasteiger partial charge is 0.376 e. The average Bonchev–Trinajstić information content (AvgIpc) is 3.46. The Morgan fingerprint density at radius 3 is 2.65 bits per heavy atom. The highest BCUT2D eigenvalue weighted by Gasteiger charge is 2.40. The van der Waals surface area contributed by atoms with Gasteiger partial charge in [-0.1, -0.05) is 6.07 Å². The summed E-state index contributed by atoms with van der Waals surface area (Å²) < 4.78 is 3.45. The summed E-state index contributed by atoms with van der Waals surface area (Å²) in [5.74, 6) is 1.81. The van der Waals surface area contributed by atoms with E-state index in [9.17, 15) is 4.79 Å². The van der Waals surface area contributed by atoms with Crippen LogP contribution >= 0.6 is 0 Å². The minimum absolute atomic E-state index is 0.172.